The second kappa shape index (κ2) is 10.1. The highest BCUT2D eigenvalue weighted by molar-refractivity contribution is 8.18. The predicted molar refractivity (Wildman–Crippen MR) is 127 cm³/mol. The van der Waals surface area contributed by atoms with Crippen molar-refractivity contribution in [3.63, 3.8) is 0 Å². The van der Waals surface area contributed by atoms with Crippen LogP contribution in [0.1, 0.15) is 11.1 Å². The molecule has 0 unspecified atom stereocenters. The minimum atomic E-state index is -0.608. The molecule has 0 saturated carbocycles. The lowest BCUT2D eigenvalue weighted by molar-refractivity contribution is -0.385. The quantitative estimate of drug-likeness (QED) is 0.220. The molecule has 1 fully saturated rings. The van der Waals surface area contributed by atoms with E-state index in [9.17, 15) is 24.1 Å². The number of carbonyl (C=O) groups excluding carboxylic acids is 2. The van der Waals surface area contributed by atoms with Gasteiger partial charge in [0.15, 0.2) is 11.5 Å². The average molecular weight is 516 g/mol. The van der Waals surface area contributed by atoms with Crippen LogP contribution in [0.5, 0.6) is 17.4 Å². The first-order valence-corrected chi connectivity index (χ1v) is 11.1. The molecule has 178 valence electrons. The van der Waals surface area contributed by atoms with Crippen molar-refractivity contribution in [2.75, 3.05) is 7.11 Å². The van der Waals surface area contributed by atoms with Crippen LogP contribution in [0.15, 0.2) is 59.6 Å². The van der Waals surface area contributed by atoms with E-state index in [2.05, 4.69) is 4.98 Å². The third kappa shape index (κ3) is 5.26. The number of ether oxygens (including phenoxy) is 2. The molecular weight excluding hydrogens is 501 g/mol. The number of nitrogens with zero attached hydrogens (tertiary/aromatic N) is 3. The van der Waals surface area contributed by atoms with E-state index in [0.29, 0.717) is 11.3 Å². The number of rotatable bonds is 7. The highest BCUT2D eigenvalue weighted by Gasteiger charge is 2.36. The second-order valence-electron chi connectivity index (χ2n) is 7.09. The van der Waals surface area contributed by atoms with Crippen LogP contribution in [0.3, 0.4) is 0 Å². The van der Waals surface area contributed by atoms with Gasteiger partial charge in [0.1, 0.15) is 12.0 Å². The van der Waals surface area contributed by atoms with Crippen LogP contribution in [-0.2, 0) is 11.3 Å². The van der Waals surface area contributed by atoms with Crippen molar-refractivity contribution in [3.8, 4) is 17.4 Å². The molecule has 1 aliphatic heterocycles. The normalized spacial score (nSPS) is 14.5. The zero-order chi connectivity index (χ0) is 25.1. The minimum absolute atomic E-state index is 0.0562. The minimum Gasteiger partial charge on any atom is -0.493 e. The maximum atomic E-state index is 14.1. The number of aromatic nitrogens is 1. The van der Waals surface area contributed by atoms with Crippen molar-refractivity contribution in [2.24, 2.45) is 0 Å². The van der Waals surface area contributed by atoms with Crippen molar-refractivity contribution in [1.29, 1.82) is 0 Å². The number of pyridine rings is 1. The Morgan fingerprint density at radius 3 is 2.66 bits per heavy atom. The number of halogens is 2. The predicted octanol–water partition coefficient (Wildman–Crippen LogP) is 5.82. The van der Waals surface area contributed by atoms with Gasteiger partial charge < -0.3 is 9.47 Å². The molecule has 0 spiro atoms. The van der Waals surface area contributed by atoms with Gasteiger partial charge in [0.25, 0.3) is 16.8 Å². The number of nitro groups is 1. The standard InChI is InChI=1S/C23H15ClFN3O6S/c1-33-19-9-13(5-7-18(19)34-21-8-6-14(11-26-21)28(31)32)10-20-22(29)27(23(30)35-20)12-15-16(24)3-2-4-17(15)25/h2-11H,12H2,1H3/b20-10+. The number of imide groups is 1. The van der Waals surface area contributed by atoms with Crippen LogP contribution in [0, 0.1) is 15.9 Å². The summed E-state index contributed by atoms with van der Waals surface area (Å²) in [5, 5.41) is 10.3. The molecule has 1 aromatic heterocycles. The summed E-state index contributed by atoms with van der Waals surface area (Å²) < 4.78 is 25.1. The number of amides is 2. The monoisotopic (exact) mass is 515 g/mol. The van der Waals surface area contributed by atoms with Crippen LogP contribution in [-0.4, -0.2) is 33.1 Å². The Balaban J connectivity index is 1.53. The average Bonchev–Trinajstić information content (AvgIpc) is 3.09. The van der Waals surface area contributed by atoms with Crippen molar-refractivity contribution >= 4 is 46.3 Å². The lowest BCUT2D eigenvalue weighted by Gasteiger charge is -2.14. The number of hydrogen-bond acceptors (Lipinski definition) is 8. The Labute approximate surface area is 207 Å². The zero-order valence-electron chi connectivity index (χ0n) is 17.9. The fourth-order valence-electron chi connectivity index (χ4n) is 3.14. The van der Waals surface area contributed by atoms with Gasteiger partial charge in [0, 0.05) is 22.7 Å². The summed E-state index contributed by atoms with van der Waals surface area (Å²) in [6.07, 6.45) is 2.57. The SMILES string of the molecule is COc1cc(/C=C2/SC(=O)N(Cc3c(F)cccc3Cl)C2=O)ccc1Oc1ccc([N+](=O)[O-])cn1. The number of thioether (sulfide) groups is 1. The molecule has 0 N–H and O–H groups in total. The third-order valence-electron chi connectivity index (χ3n) is 4.88. The number of hydrogen-bond donors (Lipinski definition) is 0. The van der Waals surface area contributed by atoms with Crippen LogP contribution in [0.4, 0.5) is 14.9 Å². The summed E-state index contributed by atoms with van der Waals surface area (Å²) >= 11 is 6.75. The van der Waals surface area contributed by atoms with Crippen molar-refractivity contribution in [1.82, 2.24) is 9.88 Å². The molecule has 0 radical (unpaired) electrons. The van der Waals surface area contributed by atoms with Crippen molar-refractivity contribution in [2.45, 2.75) is 6.54 Å². The molecule has 9 nitrogen and oxygen atoms in total. The fourth-order valence-corrected chi connectivity index (χ4v) is 4.20. The fraction of sp³-hybridized carbons (Fsp3) is 0.0870. The molecular formula is C23H15ClFN3O6S. The van der Waals surface area contributed by atoms with E-state index in [1.807, 2.05) is 0 Å². The topological polar surface area (TPSA) is 112 Å². The number of carbonyl (C=O) groups is 2. The van der Waals surface area contributed by atoms with Gasteiger partial charge >= 0.3 is 0 Å². The smallest absolute Gasteiger partial charge is 0.293 e. The van der Waals surface area contributed by atoms with E-state index in [0.717, 1.165) is 22.9 Å². The van der Waals surface area contributed by atoms with Crippen LogP contribution in [0.2, 0.25) is 5.02 Å². The van der Waals surface area contributed by atoms with E-state index in [-0.39, 0.29) is 39.4 Å². The summed E-state index contributed by atoms with van der Waals surface area (Å²) in [4.78, 5) is 40.4. The van der Waals surface area contributed by atoms with E-state index in [1.54, 1.807) is 18.2 Å². The lowest BCUT2D eigenvalue weighted by Crippen LogP contribution is -2.28. The highest BCUT2D eigenvalue weighted by Crippen LogP contribution is 2.37. The summed E-state index contributed by atoms with van der Waals surface area (Å²) in [6.45, 7) is -0.286. The molecule has 12 heteroatoms. The Hall–Kier alpha value is -3.96. The zero-order valence-corrected chi connectivity index (χ0v) is 19.5. The highest BCUT2D eigenvalue weighted by atomic mass is 35.5. The Morgan fingerprint density at radius 2 is 2.00 bits per heavy atom. The Kier molecular flexibility index (Phi) is 6.99. The molecule has 3 aromatic rings. The Morgan fingerprint density at radius 1 is 1.20 bits per heavy atom. The van der Waals surface area contributed by atoms with Gasteiger partial charge in [-0.15, -0.1) is 0 Å². The van der Waals surface area contributed by atoms with Gasteiger partial charge in [-0.2, -0.15) is 0 Å². The summed E-state index contributed by atoms with van der Waals surface area (Å²) in [6, 6.07) is 11.5. The van der Waals surface area contributed by atoms with E-state index < -0.39 is 21.9 Å². The molecule has 0 aliphatic carbocycles. The number of methoxy groups -OCH3 is 1. The molecule has 35 heavy (non-hydrogen) atoms. The lowest BCUT2D eigenvalue weighted by atomic mass is 10.1. The molecule has 2 amide bonds. The van der Waals surface area contributed by atoms with E-state index in [1.165, 1.54) is 43.5 Å². The van der Waals surface area contributed by atoms with Gasteiger partial charge in [-0.05, 0) is 47.7 Å². The van der Waals surface area contributed by atoms with Gasteiger partial charge in [-0.25, -0.2) is 9.37 Å². The maximum absolute atomic E-state index is 14.1. The first kappa shape index (κ1) is 24.2. The van der Waals surface area contributed by atoms with Crippen LogP contribution >= 0.6 is 23.4 Å². The Bertz CT molecular complexity index is 1350. The van der Waals surface area contributed by atoms with Gasteiger partial charge in [-0.1, -0.05) is 23.7 Å². The largest absolute Gasteiger partial charge is 0.493 e. The van der Waals surface area contributed by atoms with Crippen molar-refractivity contribution < 1.29 is 28.4 Å². The summed E-state index contributed by atoms with van der Waals surface area (Å²) in [7, 11) is 1.42. The second-order valence-corrected chi connectivity index (χ2v) is 8.49. The molecule has 2 heterocycles. The van der Waals surface area contributed by atoms with Gasteiger partial charge in [-0.3, -0.25) is 24.6 Å². The first-order chi connectivity index (χ1) is 16.8. The molecule has 4 rings (SSSR count). The first-order valence-electron chi connectivity index (χ1n) is 9.91. The van der Waals surface area contributed by atoms with Gasteiger partial charge in [0.05, 0.1) is 23.5 Å². The number of benzene rings is 2. The van der Waals surface area contributed by atoms with E-state index in [4.69, 9.17) is 21.1 Å². The maximum Gasteiger partial charge on any atom is 0.293 e. The molecule has 1 saturated heterocycles. The molecule has 0 bridgehead atoms. The molecule has 0 atom stereocenters. The van der Waals surface area contributed by atoms with Crippen LogP contribution in [0.25, 0.3) is 6.08 Å². The van der Waals surface area contributed by atoms with E-state index >= 15 is 0 Å². The summed E-state index contributed by atoms with van der Waals surface area (Å²) in [5.74, 6) is -0.476. The summed E-state index contributed by atoms with van der Waals surface area (Å²) in [5.41, 5.74) is 0.423. The van der Waals surface area contributed by atoms with Crippen LogP contribution < -0.4 is 9.47 Å². The molecule has 2 aromatic carbocycles. The van der Waals surface area contributed by atoms with Gasteiger partial charge in [0.2, 0.25) is 5.88 Å². The van der Waals surface area contributed by atoms with Crippen molar-refractivity contribution in [3.05, 3.63) is 91.7 Å². The third-order valence-corrected chi connectivity index (χ3v) is 6.14. The molecule has 1 aliphatic rings.